The first-order valence-electron chi connectivity index (χ1n) is 10.0. The van der Waals surface area contributed by atoms with Gasteiger partial charge in [-0.05, 0) is 48.7 Å². The van der Waals surface area contributed by atoms with Crippen LogP contribution in [0.15, 0.2) is 66.9 Å². The van der Waals surface area contributed by atoms with Crippen LogP contribution in [0.4, 0.5) is 13.2 Å². The highest BCUT2D eigenvalue weighted by Gasteiger charge is 2.35. The molecule has 3 aromatic rings. The number of nitrogens with zero attached hydrogens (tertiary/aromatic N) is 2. The van der Waals surface area contributed by atoms with E-state index in [0.29, 0.717) is 31.0 Å². The number of rotatable bonds is 5. The van der Waals surface area contributed by atoms with Crippen molar-refractivity contribution in [3.63, 3.8) is 0 Å². The van der Waals surface area contributed by atoms with Gasteiger partial charge in [0.1, 0.15) is 0 Å². The summed E-state index contributed by atoms with van der Waals surface area (Å²) >= 11 is 0. The van der Waals surface area contributed by atoms with E-state index in [1.165, 1.54) is 11.8 Å². The first kappa shape index (κ1) is 21.1. The van der Waals surface area contributed by atoms with Crippen molar-refractivity contribution >= 4 is 5.91 Å². The summed E-state index contributed by atoms with van der Waals surface area (Å²) in [5, 5.41) is 6.57. The summed E-state index contributed by atoms with van der Waals surface area (Å²) in [5.74, 6) is -0.232. The zero-order chi connectivity index (χ0) is 21.9. The molecule has 1 saturated heterocycles. The highest BCUT2D eigenvalue weighted by Crippen LogP contribution is 2.34. The molecule has 0 atom stereocenters. The number of alkyl halides is 3. The van der Waals surface area contributed by atoms with Crippen molar-refractivity contribution in [1.29, 1.82) is 0 Å². The number of hydrogen-bond acceptors (Lipinski definition) is 3. The van der Waals surface area contributed by atoms with Gasteiger partial charge in [0.15, 0.2) is 5.69 Å². The largest absolute Gasteiger partial charge is 0.435 e. The van der Waals surface area contributed by atoms with Crippen molar-refractivity contribution in [3.05, 3.63) is 83.7 Å². The molecule has 1 aliphatic rings. The van der Waals surface area contributed by atoms with Gasteiger partial charge in [-0.25, -0.2) is 4.68 Å². The molecule has 1 aromatic heterocycles. The lowest BCUT2D eigenvalue weighted by molar-refractivity contribution is -0.141. The normalized spacial score (nSPS) is 16.1. The Morgan fingerprint density at radius 3 is 2.32 bits per heavy atom. The molecule has 0 saturated carbocycles. The van der Waals surface area contributed by atoms with Crippen LogP contribution in [-0.4, -0.2) is 35.4 Å². The highest BCUT2D eigenvalue weighted by molar-refractivity contribution is 5.94. The number of carbonyl (C=O) groups is 1. The van der Waals surface area contributed by atoms with Crippen LogP contribution >= 0.6 is 0 Å². The topological polar surface area (TPSA) is 56.1 Å². The van der Waals surface area contributed by atoms with Crippen LogP contribution in [0.5, 0.6) is 0 Å². The van der Waals surface area contributed by atoms with Gasteiger partial charge in [0.05, 0.1) is 5.69 Å². The summed E-state index contributed by atoms with van der Waals surface area (Å²) in [6.45, 7) is 1.77. The number of amides is 1. The number of halogens is 3. The molecule has 1 fully saturated rings. The van der Waals surface area contributed by atoms with Crippen LogP contribution in [0.1, 0.15) is 34.5 Å². The van der Waals surface area contributed by atoms with Gasteiger partial charge in [-0.1, -0.05) is 30.3 Å². The minimum absolute atomic E-state index is 0.182. The number of benzene rings is 2. The average Bonchev–Trinajstić information content (AvgIpc) is 3.30. The standard InChI is InChI=1S/C23H22F3N3O2/c24-23(25,26)20-10-13-29(28-20)19-8-6-17(7-9-19)21(30)27-16-22(11-14-31-15-12-22)18-4-2-1-3-5-18/h1-10,13H,11-12,14-16H2,(H,27,30). The fraction of sp³-hybridized carbons (Fsp3) is 0.304. The quantitative estimate of drug-likeness (QED) is 0.655. The van der Waals surface area contributed by atoms with Gasteiger partial charge >= 0.3 is 6.18 Å². The maximum absolute atomic E-state index is 12.7. The molecule has 31 heavy (non-hydrogen) atoms. The first-order valence-corrected chi connectivity index (χ1v) is 10.0. The van der Waals surface area contributed by atoms with Gasteiger partial charge in [-0.15, -0.1) is 0 Å². The molecular formula is C23H22F3N3O2. The second-order valence-electron chi connectivity index (χ2n) is 7.63. The number of hydrogen-bond donors (Lipinski definition) is 1. The smallest absolute Gasteiger partial charge is 0.381 e. The summed E-state index contributed by atoms with van der Waals surface area (Å²) in [4.78, 5) is 12.7. The van der Waals surface area contributed by atoms with E-state index in [0.717, 1.165) is 23.6 Å². The maximum Gasteiger partial charge on any atom is 0.435 e. The summed E-state index contributed by atoms with van der Waals surface area (Å²) in [7, 11) is 0. The second kappa shape index (κ2) is 8.55. The molecule has 0 radical (unpaired) electrons. The van der Waals surface area contributed by atoms with Gasteiger partial charge in [0.2, 0.25) is 0 Å². The molecule has 1 N–H and O–H groups in total. The third-order valence-electron chi connectivity index (χ3n) is 5.70. The molecule has 1 amide bonds. The Balaban J connectivity index is 1.45. The van der Waals surface area contributed by atoms with Gasteiger partial charge < -0.3 is 10.1 Å². The lowest BCUT2D eigenvalue weighted by Gasteiger charge is -2.38. The molecule has 8 heteroatoms. The Morgan fingerprint density at radius 2 is 1.71 bits per heavy atom. The summed E-state index contributed by atoms with van der Waals surface area (Å²) < 4.78 is 44.9. The van der Waals surface area contributed by atoms with Crippen molar-refractivity contribution in [3.8, 4) is 5.69 Å². The lowest BCUT2D eigenvalue weighted by Crippen LogP contribution is -2.44. The maximum atomic E-state index is 12.7. The van der Waals surface area contributed by atoms with E-state index >= 15 is 0 Å². The third-order valence-corrected chi connectivity index (χ3v) is 5.70. The third kappa shape index (κ3) is 4.64. The Bertz CT molecular complexity index is 1020. The Hall–Kier alpha value is -3.13. The zero-order valence-corrected chi connectivity index (χ0v) is 16.7. The molecule has 162 valence electrons. The number of nitrogens with one attached hydrogen (secondary N) is 1. The molecule has 2 heterocycles. The van der Waals surface area contributed by atoms with E-state index in [2.05, 4.69) is 22.5 Å². The lowest BCUT2D eigenvalue weighted by atomic mass is 9.74. The van der Waals surface area contributed by atoms with Crippen molar-refractivity contribution in [2.24, 2.45) is 0 Å². The first-order chi connectivity index (χ1) is 14.9. The Labute approximate surface area is 177 Å². The molecule has 2 aromatic carbocycles. The van der Waals surface area contributed by atoms with E-state index in [1.54, 1.807) is 24.3 Å². The molecule has 4 rings (SSSR count). The summed E-state index contributed by atoms with van der Waals surface area (Å²) in [6.07, 6.45) is -1.62. The summed E-state index contributed by atoms with van der Waals surface area (Å²) in [5.41, 5.74) is 0.905. The number of aromatic nitrogens is 2. The van der Waals surface area contributed by atoms with Gasteiger partial charge in [0.25, 0.3) is 5.91 Å². The monoisotopic (exact) mass is 429 g/mol. The van der Waals surface area contributed by atoms with Crippen molar-refractivity contribution in [2.45, 2.75) is 24.4 Å². The average molecular weight is 429 g/mol. The van der Waals surface area contributed by atoms with E-state index < -0.39 is 11.9 Å². The molecule has 1 aliphatic heterocycles. The van der Waals surface area contributed by atoms with Crippen molar-refractivity contribution < 1.29 is 22.7 Å². The molecule has 0 spiro atoms. The Kier molecular flexibility index (Phi) is 5.82. The van der Waals surface area contributed by atoms with Crippen LogP contribution in [0, 0.1) is 0 Å². The number of carbonyl (C=O) groups excluding carboxylic acids is 1. The zero-order valence-electron chi connectivity index (χ0n) is 16.7. The van der Waals surface area contributed by atoms with Crippen LogP contribution < -0.4 is 5.32 Å². The van der Waals surface area contributed by atoms with Crippen LogP contribution in [0.2, 0.25) is 0 Å². The van der Waals surface area contributed by atoms with E-state index in [4.69, 9.17) is 4.74 Å². The van der Waals surface area contributed by atoms with E-state index in [9.17, 15) is 18.0 Å². The minimum atomic E-state index is -4.50. The number of ether oxygens (including phenoxy) is 1. The second-order valence-corrected chi connectivity index (χ2v) is 7.63. The predicted molar refractivity (Wildman–Crippen MR) is 109 cm³/mol. The van der Waals surface area contributed by atoms with Crippen molar-refractivity contribution in [1.82, 2.24) is 15.1 Å². The Morgan fingerprint density at radius 1 is 1.03 bits per heavy atom. The van der Waals surface area contributed by atoms with Gasteiger partial charge in [0, 0.05) is 36.9 Å². The predicted octanol–water partition coefficient (Wildman–Crippen LogP) is 4.37. The fourth-order valence-electron chi connectivity index (χ4n) is 3.86. The molecule has 0 aliphatic carbocycles. The minimum Gasteiger partial charge on any atom is -0.381 e. The van der Waals surface area contributed by atoms with E-state index in [-0.39, 0.29) is 11.3 Å². The molecule has 0 unspecified atom stereocenters. The van der Waals surface area contributed by atoms with E-state index in [1.807, 2.05) is 18.2 Å². The highest BCUT2D eigenvalue weighted by atomic mass is 19.4. The van der Waals surface area contributed by atoms with Crippen LogP contribution in [-0.2, 0) is 16.3 Å². The molecule has 5 nitrogen and oxygen atoms in total. The van der Waals surface area contributed by atoms with Gasteiger partial charge in [-0.2, -0.15) is 18.3 Å². The fourth-order valence-corrected chi connectivity index (χ4v) is 3.86. The molecule has 0 bridgehead atoms. The summed E-state index contributed by atoms with van der Waals surface area (Å²) in [6, 6.07) is 17.3. The van der Waals surface area contributed by atoms with Crippen LogP contribution in [0.3, 0.4) is 0 Å². The molecular weight excluding hydrogens is 407 g/mol. The van der Waals surface area contributed by atoms with Crippen molar-refractivity contribution in [2.75, 3.05) is 19.8 Å². The van der Waals surface area contributed by atoms with Crippen LogP contribution in [0.25, 0.3) is 5.69 Å². The SMILES string of the molecule is O=C(NCC1(c2ccccc2)CCOCC1)c1ccc(-n2ccc(C(F)(F)F)n2)cc1. The van der Waals surface area contributed by atoms with Gasteiger partial charge in [-0.3, -0.25) is 4.79 Å².